The van der Waals surface area contributed by atoms with Gasteiger partial charge in [-0.1, -0.05) is 13.8 Å². The molecule has 0 radical (unpaired) electrons. The van der Waals surface area contributed by atoms with Gasteiger partial charge in [0.05, 0.1) is 35.6 Å². The molecular weight excluding hydrogens is 452 g/mol. The first-order valence-corrected chi connectivity index (χ1v) is 12.5. The Kier molecular flexibility index (Phi) is 6.34. The second kappa shape index (κ2) is 9.46. The third-order valence-corrected chi connectivity index (χ3v) is 7.05. The third kappa shape index (κ3) is 4.51. The number of fused-ring (bicyclic) bond motifs is 1. The summed E-state index contributed by atoms with van der Waals surface area (Å²) in [6.45, 7) is 7.20. The van der Waals surface area contributed by atoms with Crippen LogP contribution in [0.2, 0.25) is 0 Å². The van der Waals surface area contributed by atoms with Crippen LogP contribution < -0.4 is 25.6 Å². The lowest BCUT2D eigenvalue weighted by Crippen LogP contribution is -2.37. The maximum atomic E-state index is 6.58. The van der Waals surface area contributed by atoms with Crippen molar-refractivity contribution in [1.82, 2.24) is 19.9 Å². The lowest BCUT2D eigenvalue weighted by molar-refractivity contribution is 0.372. The molecule has 4 heterocycles. The molecule has 2 aliphatic heterocycles. The Hall–Kier alpha value is -3.59. The number of pyridine rings is 1. The molecule has 9 nitrogen and oxygen atoms in total. The van der Waals surface area contributed by atoms with Crippen molar-refractivity contribution in [3.8, 4) is 5.75 Å². The van der Waals surface area contributed by atoms with E-state index >= 15 is 0 Å². The lowest BCUT2D eigenvalue weighted by atomic mass is 9.91. The van der Waals surface area contributed by atoms with E-state index in [-0.39, 0.29) is 5.41 Å². The summed E-state index contributed by atoms with van der Waals surface area (Å²) in [7, 11) is 5.90. The van der Waals surface area contributed by atoms with Gasteiger partial charge in [-0.2, -0.15) is 4.98 Å². The highest BCUT2D eigenvalue weighted by molar-refractivity contribution is 5.80. The maximum Gasteiger partial charge on any atom is 0.229 e. The van der Waals surface area contributed by atoms with Gasteiger partial charge in [0.25, 0.3) is 0 Å². The summed E-state index contributed by atoms with van der Waals surface area (Å²) in [6, 6.07) is 10.4. The SMILES string of the molecule is COc1cc(N2CCC[C@@H]2CN(C)C)c(N)cc1Nc1nccc(N2CC(C)(C)c3ncccc32)n1. The van der Waals surface area contributed by atoms with E-state index in [1.165, 1.54) is 0 Å². The summed E-state index contributed by atoms with van der Waals surface area (Å²) >= 11 is 0. The molecule has 1 saturated heterocycles. The zero-order valence-corrected chi connectivity index (χ0v) is 21.8. The van der Waals surface area contributed by atoms with Crippen LogP contribution in [0.1, 0.15) is 32.4 Å². The van der Waals surface area contributed by atoms with Crippen LogP contribution in [0.25, 0.3) is 0 Å². The van der Waals surface area contributed by atoms with E-state index in [1.807, 2.05) is 30.5 Å². The molecule has 1 aromatic carbocycles. The van der Waals surface area contributed by atoms with Crippen molar-refractivity contribution in [2.24, 2.45) is 0 Å². The Morgan fingerprint density at radius 1 is 1.17 bits per heavy atom. The van der Waals surface area contributed by atoms with Crippen LogP contribution in [-0.4, -0.2) is 66.7 Å². The van der Waals surface area contributed by atoms with Gasteiger partial charge in [0.15, 0.2) is 0 Å². The number of hydrogen-bond acceptors (Lipinski definition) is 9. The number of likely N-dealkylation sites (N-methyl/N-ethyl adjacent to an activating group) is 1. The molecule has 190 valence electrons. The molecule has 9 heteroatoms. The van der Waals surface area contributed by atoms with Gasteiger partial charge >= 0.3 is 0 Å². The fourth-order valence-electron chi connectivity index (χ4n) is 5.44. The monoisotopic (exact) mass is 488 g/mol. The van der Waals surface area contributed by atoms with Crippen molar-refractivity contribution in [3.63, 3.8) is 0 Å². The highest BCUT2D eigenvalue weighted by Crippen LogP contribution is 2.43. The van der Waals surface area contributed by atoms with E-state index in [4.69, 9.17) is 15.5 Å². The van der Waals surface area contributed by atoms with Crippen molar-refractivity contribution >= 4 is 34.5 Å². The summed E-state index contributed by atoms with van der Waals surface area (Å²) in [5.41, 5.74) is 11.1. The molecule has 2 aliphatic rings. The molecule has 3 aromatic rings. The quantitative estimate of drug-likeness (QED) is 0.475. The number of rotatable bonds is 7. The number of hydrogen-bond donors (Lipinski definition) is 2. The van der Waals surface area contributed by atoms with Gasteiger partial charge < -0.3 is 30.5 Å². The Bertz CT molecular complexity index is 1240. The van der Waals surface area contributed by atoms with Crippen LogP contribution in [0.3, 0.4) is 0 Å². The normalized spacial score (nSPS) is 18.6. The number of nitrogens with zero attached hydrogens (tertiary/aromatic N) is 6. The molecule has 1 fully saturated rings. The fraction of sp³-hybridized carbons (Fsp3) is 0.444. The van der Waals surface area contributed by atoms with E-state index in [2.05, 4.69) is 64.0 Å². The standard InChI is InChI=1S/C27H36N8O/c1-27(2)17-35(21-9-6-11-29-25(21)27)24-10-12-30-26(32-24)31-20-14-19(28)22(15-23(20)36-5)34-13-7-8-18(34)16-33(3)4/h6,9-12,14-15,18H,7-8,13,16-17,28H2,1-5H3,(H,30,31,32)/t18-/m1/s1. The van der Waals surface area contributed by atoms with Gasteiger partial charge in [-0.25, -0.2) is 4.98 Å². The molecule has 0 aliphatic carbocycles. The van der Waals surface area contributed by atoms with Crippen LogP contribution in [0.15, 0.2) is 42.7 Å². The summed E-state index contributed by atoms with van der Waals surface area (Å²) in [5.74, 6) is 2.01. The number of nitrogens with one attached hydrogen (secondary N) is 1. The number of methoxy groups -OCH3 is 1. The average molecular weight is 489 g/mol. The molecule has 5 rings (SSSR count). The molecular formula is C27H36N8O. The van der Waals surface area contributed by atoms with Gasteiger partial charge in [0, 0.05) is 49.6 Å². The maximum absolute atomic E-state index is 6.58. The Morgan fingerprint density at radius 2 is 2.00 bits per heavy atom. The molecule has 0 saturated carbocycles. The molecule has 0 unspecified atom stereocenters. The van der Waals surface area contributed by atoms with Crippen molar-refractivity contribution in [3.05, 3.63) is 48.4 Å². The van der Waals surface area contributed by atoms with Gasteiger partial charge in [0.2, 0.25) is 5.95 Å². The molecule has 2 aromatic heterocycles. The van der Waals surface area contributed by atoms with E-state index in [1.54, 1.807) is 13.3 Å². The van der Waals surface area contributed by atoms with Gasteiger partial charge in [-0.3, -0.25) is 4.98 Å². The van der Waals surface area contributed by atoms with Crippen LogP contribution >= 0.6 is 0 Å². The number of ether oxygens (including phenoxy) is 1. The van der Waals surface area contributed by atoms with E-state index in [0.29, 0.717) is 23.4 Å². The topological polar surface area (TPSA) is 95.7 Å². The number of nitrogen functional groups attached to an aromatic ring is 1. The van der Waals surface area contributed by atoms with Crippen molar-refractivity contribution in [1.29, 1.82) is 0 Å². The fourth-order valence-corrected chi connectivity index (χ4v) is 5.44. The Morgan fingerprint density at radius 3 is 2.78 bits per heavy atom. The van der Waals surface area contributed by atoms with Crippen molar-refractivity contribution in [2.75, 3.05) is 61.7 Å². The number of anilines is 6. The summed E-state index contributed by atoms with van der Waals surface area (Å²) in [5, 5.41) is 3.34. The predicted molar refractivity (Wildman–Crippen MR) is 146 cm³/mol. The zero-order valence-electron chi connectivity index (χ0n) is 21.8. The van der Waals surface area contributed by atoms with Gasteiger partial charge in [-0.05, 0) is 51.2 Å². The minimum atomic E-state index is -0.0668. The lowest BCUT2D eigenvalue weighted by Gasteiger charge is -2.30. The summed E-state index contributed by atoms with van der Waals surface area (Å²) in [6.07, 6.45) is 5.94. The highest BCUT2D eigenvalue weighted by atomic mass is 16.5. The first-order chi connectivity index (χ1) is 17.3. The summed E-state index contributed by atoms with van der Waals surface area (Å²) in [4.78, 5) is 20.8. The van der Waals surface area contributed by atoms with Crippen LogP contribution in [0, 0.1) is 0 Å². The summed E-state index contributed by atoms with van der Waals surface area (Å²) < 4.78 is 5.76. The van der Waals surface area contributed by atoms with Crippen LogP contribution in [0.5, 0.6) is 5.75 Å². The highest BCUT2D eigenvalue weighted by Gasteiger charge is 2.37. The third-order valence-electron chi connectivity index (χ3n) is 7.05. The first kappa shape index (κ1) is 24.1. The molecule has 3 N–H and O–H groups in total. The smallest absolute Gasteiger partial charge is 0.229 e. The molecule has 0 bridgehead atoms. The number of nitrogens with two attached hydrogens (primary N) is 1. The second-order valence-corrected chi connectivity index (χ2v) is 10.6. The van der Waals surface area contributed by atoms with E-state index < -0.39 is 0 Å². The Labute approximate surface area is 213 Å². The number of aromatic nitrogens is 3. The Balaban J connectivity index is 1.42. The van der Waals surface area contributed by atoms with Crippen LogP contribution in [0.4, 0.5) is 34.5 Å². The van der Waals surface area contributed by atoms with Crippen molar-refractivity contribution < 1.29 is 4.74 Å². The molecule has 1 atom stereocenters. The minimum Gasteiger partial charge on any atom is -0.494 e. The molecule has 36 heavy (non-hydrogen) atoms. The zero-order chi connectivity index (χ0) is 25.4. The van der Waals surface area contributed by atoms with E-state index in [0.717, 1.165) is 61.0 Å². The van der Waals surface area contributed by atoms with Crippen molar-refractivity contribution in [2.45, 2.75) is 38.1 Å². The second-order valence-electron chi connectivity index (χ2n) is 10.6. The first-order valence-electron chi connectivity index (χ1n) is 12.5. The van der Waals surface area contributed by atoms with Gasteiger partial charge in [-0.15, -0.1) is 0 Å². The van der Waals surface area contributed by atoms with E-state index in [9.17, 15) is 0 Å². The average Bonchev–Trinajstić information content (AvgIpc) is 3.41. The largest absolute Gasteiger partial charge is 0.494 e. The number of benzene rings is 1. The molecule has 0 spiro atoms. The minimum absolute atomic E-state index is 0.0668. The van der Waals surface area contributed by atoms with Crippen LogP contribution in [-0.2, 0) is 5.41 Å². The van der Waals surface area contributed by atoms with Gasteiger partial charge in [0.1, 0.15) is 11.6 Å². The molecule has 0 amide bonds. The predicted octanol–water partition coefficient (Wildman–Crippen LogP) is 4.17.